The van der Waals surface area contributed by atoms with Gasteiger partial charge in [0.05, 0.1) is 10.8 Å². The van der Waals surface area contributed by atoms with Gasteiger partial charge in [0.1, 0.15) is 57.2 Å². The first-order valence-corrected chi connectivity index (χ1v) is 23.7. The second-order valence-corrected chi connectivity index (χ2v) is 18.3. The molecule has 1 aromatic heterocycles. The first-order valence-electron chi connectivity index (χ1n) is 23.7. The van der Waals surface area contributed by atoms with Crippen molar-refractivity contribution in [1.29, 1.82) is 0 Å². The standard InChI is InChI=1S/C61H36B2N2O6/c66-61-43-33-47-55(70-57-31-41(67-39-21-9-3-10-22-39)29-51-59(57)62(47)45-25-13-15-27-49(45)64(51)37-17-5-1-6-18-37)35-53(43)69-54-36-56-48(34-44(54)61)63-46-26-14-16-28-50(46)65(38-19-7-2-8-20-38)52-30-42(32-58(71-56)60(52)63)68-40-23-11-4-12-24-40/h1-36H. The van der Waals surface area contributed by atoms with Gasteiger partial charge in [-0.2, -0.15) is 0 Å². The summed E-state index contributed by atoms with van der Waals surface area (Å²) >= 11 is 0. The van der Waals surface area contributed by atoms with Crippen molar-refractivity contribution in [1.82, 2.24) is 0 Å². The third-order valence-corrected chi connectivity index (χ3v) is 14.2. The maximum Gasteiger partial charge on any atom is 0.256 e. The van der Waals surface area contributed by atoms with Gasteiger partial charge in [-0.15, -0.1) is 0 Å². The fourth-order valence-corrected chi connectivity index (χ4v) is 11.3. The first-order chi connectivity index (χ1) is 35.1. The Kier molecular flexibility index (Phi) is 8.53. The van der Waals surface area contributed by atoms with Crippen LogP contribution in [-0.4, -0.2) is 13.4 Å². The van der Waals surface area contributed by atoms with E-state index >= 15 is 4.79 Å². The Hall–Kier alpha value is -9.40. The molecule has 11 aromatic rings. The number of fused-ring (bicyclic) bond motifs is 10. The SMILES string of the molecule is O=c1c2cc3c(cc2oc2cc4c(cc12)B1c2ccccc2N(c2ccccc2)c2cc(Oc5ccccc5)cc(c21)O4)Oc1cc(Oc2ccccc2)cc2c1B3c1ccccc1N2c1ccccc1. The van der Waals surface area contributed by atoms with Crippen LogP contribution < -0.4 is 67.0 Å². The fourth-order valence-electron chi connectivity index (χ4n) is 11.3. The summed E-state index contributed by atoms with van der Waals surface area (Å²) in [7, 11) is 0. The summed E-state index contributed by atoms with van der Waals surface area (Å²) in [6.07, 6.45) is 0. The highest BCUT2D eigenvalue weighted by Crippen LogP contribution is 2.46. The van der Waals surface area contributed by atoms with Crippen molar-refractivity contribution in [3.05, 3.63) is 229 Å². The van der Waals surface area contributed by atoms with Crippen molar-refractivity contribution >= 4 is 102 Å². The van der Waals surface area contributed by atoms with E-state index in [9.17, 15) is 0 Å². The van der Waals surface area contributed by atoms with E-state index in [0.29, 0.717) is 67.9 Å². The van der Waals surface area contributed by atoms with Gasteiger partial charge in [0.15, 0.2) is 5.43 Å². The Morgan fingerprint density at radius 1 is 0.352 bits per heavy atom. The summed E-state index contributed by atoms with van der Waals surface area (Å²) in [5, 5.41) is 0.938. The Morgan fingerprint density at radius 3 is 1.18 bits per heavy atom. The average Bonchev–Trinajstić information content (AvgIpc) is 3.41. The Morgan fingerprint density at radius 2 is 0.746 bits per heavy atom. The van der Waals surface area contributed by atoms with Crippen LogP contribution in [-0.2, 0) is 0 Å². The summed E-state index contributed by atoms with van der Waals surface area (Å²) in [4.78, 5) is 19.9. The molecule has 10 aromatic carbocycles. The third-order valence-electron chi connectivity index (χ3n) is 14.2. The van der Waals surface area contributed by atoms with E-state index in [0.717, 1.165) is 66.9 Å². The number of para-hydroxylation sites is 6. The lowest BCUT2D eigenvalue weighted by molar-refractivity contribution is 0.463. The van der Waals surface area contributed by atoms with E-state index < -0.39 is 0 Å². The molecule has 0 spiro atoms. The van der Waals surface area contributed by atoms with Crippen LogP contribution in [0.4, 0.5) is 34.1 Å². The number of hydrogen-bond acceptors (Lipinski definition) is 8. The zero-order chi connectivity index (χ0) is 46.7. The van der Waals surface area contributed by atoms with Gasteiger partial charge >= 0.3 is 0 Å². The number of rotatable bonds is 6. The predicted molar refractivity (Wildman–Crippen MR) is 285 cm³/mol. The topological polar surface area (TPSA) is 73.6 Å². The lowest BCUT2D eigenvalue weighted by atomic mass is 9.34. The van der Waals surface area contributed by atoms with E-state index in [-0.39, 0.29) is 18.9 Å². The first kappa shape index (κ1) is 39.6. The van der Waals surface area contributed by atoms with Crippen molar-refractivity contribution in [2.75, 3.05) is 9.80 Å². The minimum absolute atomic E-state index is 0.132. The van der Waals surface area contributed by atoms with E-state index in [1.165, 1.54) is 0 Å². The minimum Gasteiger partial charge on any atom is -0.458 e. The van der Waals surface area contributed by atoms with Crippen LogP contribution in [0.15, 0.2) is 228 Å². The summed E-state index contributed by atoms with van der Waals surface area (Å²) in [6.45, 7) is -0.529. The van der Waals surface area contributed by atoms with Crippen molar-refractivity contribution in [3.63, 3.8) is 0 Å². The van der Waals surface area contributed by atoms with Gasteiger partial charge in [0.25, 0.3) is 13.4 Å². The normalized spacial score (nSPS) is 13.2. The molecule has 4 aliphatic heterocycles. The van der Waals surface area contributed by atoms with Gasteiger partial charge in [-0.05, 0) is 106 Å². The number of ether oxygens (including phenoxy) is 4. The Balaban J connectivity index is 0.915. The maximum absolute atomic E-state index is 15.3. The van der Waals surface area contributed by atoms with Crippen LogP contribution in [0.2, 0.25) is 0 Å². The van der Waals surface area contributed by atoms with Gasteiger partial charge in [-0.3, -0.25) is 4.79 Å². The molecule has 0 unspecified atom stereocenters. The molecule has 10 heteroatoms. The lowest BCUT2D eigenvalue weighted by Crippen LogP contribution is -2.59. The van der Waals surface area contributed by atoms with E-state index in [2.05, 4.69) is 94.7 Å². The van der Waals surface area contributed by atoms with Crippen LogP contribution >= 0.6 is 0 Å². The molecule has 0 N–H and O–H groups in total. The smallest absolute Gasteiger partial charge is 0.256 e. The molecule has 0 fully saturated rings. The van der Waals surface area contributed by atoms with Gasteiger partial charge in [0.2, 0.25) is 0 Å². The summed E-state index contributed by atoms with van der Waals surface area (Å²) in [6, 6.07) is 73.0. The molecule has 0 atom stereocenters. The van der Waals surface area contributed by atoms with E-state index in [1.54, 1.807) is 0 Å². The van der Waals surface area contributed by atoms with Gasteiger partial charge in [-0.1, -0.05) is 109 Å². The van der Waals surface area contributed by atoms with E-state index in [1.807, 2.05) is 133 Å². The molecular formula is C61H36B2N2O6. The van der Waals surface area contributed by atoms with E-state index in [4.69, 9.17) is 23.4 Å². The molecule has 0 bridgehead atoms. The quantitative estimate of drug-likeness (QED) is 0.121. The zero-order valence-corrected chi connectivity index (χ0v) is 37.8. The van der Waals surface area contributed by atoms with Crippen LogP contribution in [0.5, 0.6) is 46.0 Å². The highest BCUT2D eigenvalue weighted by Gasteiger charge is 2.45. The highest BCUT2D eigenvalue weighted by molar-refractivity contribution is 7.00. The average molecular weight is 915 g/mol. The van der Waals surface area contributed by atoms with Crippen LogP contribution in [0, 0.1) is 0 Å². The fraction of sp³-hybridized carbons (Fsp3) is 0. The molecule has 0 amide bonds. The molecule has 71 heavy (non-hydrogen) atoms. The highest BCUT2D eigenvalue weighted by atomic mass is 16.5. The molecule has 15 rings (SSSR count). The number of benzene rings is 10. The molecule has 5 heterocycles. The van der Waals surface area contributed by atoms with Crippen molar-refractivity contribution < 1.29 is 23.4 Å². The molecule has 8 nitrogen and oxygen atoms in total. The third kappa shape index (κ3) is 6.11. The largest absolute Gasteiger partial charge is 0.458 e. The van der Waals surface area contributed by atoms with Crippen molar-refractivity contribution in [2.45, 2.75) is 0 Å². The Labute approximate surface area is 408 Å². The summed E-state index contributed by atoms with van der Waals surface area (Å²) in [5.74, 6) is 5.24. The van der Waals surface area contributed by atoms with Gasteiger partial charge in [0, 0.05) is 70.5 Å². The molecule has 0 aliphatic carbocycles. The maximum atomic E-state index is 15.3. The minimum atomic E-state index is -0.265. The molecule has 0 radical (unpaired) electrons. The summed E-state index contributed by atoms with van der Waals surface area (Å²) < 4.78 is 33.8. The number of hydrogen-bond donors (Lipinski definition) is 0. The number of nitrogens with zero attached hydrogens (tertiary/aromatic N) is 2. The van der Waals surface area contributed by atoms with Crippen LogP contribution in [0.3, 0.4) is 0 Å². The monoisotopic (exact) mass is 914 g/mol. The molecule has 4 aliphatic rings. The molecule has 0 saturated carbocycles. The zero-order valence-electron chi connectivity index (χ0n) is 37.8. The van der Waals surface area contributed by atoms with Gasteiger partial charge in [-0.25, -0.2) is 0 Å². The van der Waals surface area contributed by atoms with Crippen molar-refractivity contribution in [2.24, 2.45) is 0 Å². The second kappa shape index (κ2) is 15.3. The van der Waals surface area contributed by atoms with Crippen LogP contribution in [0.1, 0.15) is 0 Å². The lowest BCUT2D eigenvalue weighted by Gasteiger charge is -2.40. The van der Waals surface area contributed by atoms with Crippen LogP contribution in [0.25, 0.3) is 21.9 Å². The molecule has 0 saturated heterocycles. The summed E-state index contributed by atoms with van der Waals surface area (Å²) in [5.41, 5.74) is 12.5. The number of anilines is 6. The predicted octanol–water partition coefficient (Wildman–Crippen LogP) is 11.3. The van der Waals surface area contributed by atoms with Crippen molar-refractivity contribution in [3.8, 4) is 46.0 Å². The Bertz CT molecular complexity index is 3800. The second-order valence-electron chi connectivity index (χ2n) is 18.3. The molecular weight excluding hydrogens is 878 g/mol. The van der Waals surface area contributed by atoms with Gasteiger partial charge < -0.3 is 33.2 Å². The molecule has 332 valence electrons.